The second-order valence-electron chi connectivity index (χ2n) is 6.81. The van der Waals surface area contributed by atoms with Gasteiger partial charge in [-0.2, -0.15) is 0 Å². The predicted molar refractivity (Wildman–Crippen MR) is 96.6 cm³/mol. The number of hydrogen-bond donors (Lipinski definition) is 2. The van der Waals surface area contributed by atoms with Crippen LogP contribution in [0.5, 0.6) is 5.75 Å². The SMILES string of the molecule is CCOc1cc(C(=O)N(C)C)ccc1NC(=O)N1CCC(C)(C(=O)O)C1. The van der Waals surface area contributed by atoms with Gasteiger partial charge >= 0.3 is 12.0 Å². The van der Waals surface area contributed by atoms with Crippen molar-refractivity contribution >= 4 is 23.6 Å². The van der Waals surface area contributed by atoms with Crippen molar-refractivity contribution < 1.29 is 24.2 Å². The van der Waals surface area contributed by atoms with E-state index in [0.29, 0.717) is 36.6 Å². The molecule has 2 rings (SSSR count). The van der Waals surface area contributed by atoms with Gasteiger partial charge in [0.2, 0.25) is 0 Å². The van der Waals surface area contributed by atoms with E-state index in [1.54, 1.807) is 39.2 Å². The molecule has 1 aromatic rings. The molecule has 1 heterocycles. The van der Waals surface area contributed by atoms with Gasteiger partial charge in [0.1, 0.15) is 5.75 Å². The zero-order chi connectivity index (χ0) is 19.5. The fraction of sp³-hybridized carbons (Fsp3) is 0.500. The molecule has 0 bridgehead atoms. The maximum atomic E-state index is 12.5. The molecule has 0 radical (unpaired) electrons. The highest BCUT2D eigenvalue weighted by Crippen LogP contribution is 2.32. The van der Waals surface area contributed by atoms with Crippen LogP contribution >= 0.6 is 0 Å². The molecule has 0 saturated carbocycles. The molecular weight excluding hydrogens is 338 g/mol. The standard InChI is InChI=1S/C18H25N3O5/c1-5-26-14-10-12(15(22)20(3)4)6-7-13(14)19-17(25)21-9-8-18(2,11-21)16(23)24/h6-7,10H,5,8-9,11H2,1-4H3,(H,19,25)(H,23,24). The van der Waals surface area contributed by atoms with Gasteiger partial charge in [-0.15, -0.1) is 0 Å². The first-order valence-electron chi connectivity index (χ1n) is 8.46. The summed E-state index contributed by atoms with van der Waals surface area (Å²) in [6, 6.07) is 4.44. The summed E-state index contributed by atoms with van der Waals surface area (Å²) < 4.78 is 5.55. The van der Waals surface area contributed by atoms with Crippen LogP contribution in [0.1, 0.15) is 30.6 Å². The Bertz CT molecular complexity index is 719. The molecule has 0 aromatic heterocycles. The Hall–Kier alpha value is -2.77. The Labute approximate surface area is 152 Å². The zero-order valence-corrected chi connectivity index (χ0v) is 15.5. The summed E-state index contributed by atoms with van der Waals surface area (Å²) in [4.78, 5) is 38.9. The lowest BCUT2D eigenvalue weighted by atomic mass is 9.90. The first kappa shape index (κ1) is 19.6. The van der Waals surface area contributed by atoms with Crippen LogP contribution in [-0.4, -0.2) is 66.6 Å². The van der Waals surface area contributed by atoms with Crippen molar-refractivity contribution in [3.05, 3.63) is 23.8 Å². The Morgan fingerprint density at radius 1 is 1.35 bits per heavy atom. The number of ether oxygens (including phenoxy) is 1. The van der Waals surface area contributed by atoms with Gasteiger partial charge < -0.3 is 25.0 Å². The second-order valence-corrected chi connectivity index (χ2v) is 6.81. The maximum Gasteiger partial charge on any atom is 0.321 e. The van der Waals surface area contributed by atoms with E-state index < -0.39 is 11.4 Å². The largest absolute Gasteiger partial charge is 0.492 e. The summed E-state index contributed by atoms with van der Waals surface area (Å²) in [7, 11) is 3.32. The number of likely N-dealkylation sites (tertiary alicyclic amines) is 1. The molecule has 1 fully saturated rings. The number of aliphatic carboxylic acids is 1. The number of nitrogens with zero attached hydrogens (tertiary/aromatic N) is 2. The molecule has 142 valence electrons. The fourth-order valence-electron chi connectivity index (χ4n) is 2.80. The number of hydrogen-bond acceptors (Lipinski definition) is 4. The number of benzene rings is 1. The number of rotatable bonds is 5. The van der Waals surface area contributed by atoms with E-state index in [4.69, 9.17) is 4.74 Å². The summed E-state index contributed by atoms with van der Waals surface area (Å²) in [6.07, 6.45) is 0.407. The topological polar surface area (TPSA) is 99.2 Å². The van der Waals surface area contributed by atoms with Crippen molar-refractivity contribution in [3.8, 4) is 5.75 Å². The van der Waals surface area contributed by atoms with Crippen molar-refractivity contribution in [1.29, 1.82) is 0 Å². The summed E-state index contributed by atoms with van der Waals surface area (Å²) in [5.41, 5.74) is -0.0330. The summed E-state index contributed by atoms with van der Waals surface area (Å²) in [6.45, 7) is 4.34. The highest BCUT2D eigenvalue weighted by Gasteiger charge is 2.42. The summed E-state index contributed by atoms with van der Waals surface area (Å²) in [5.74, 6) is -0.677. The monoisotopic (exact) mass is 363 g/mol. The van der Waals surface area contributed by atoms with Crippen LogP contribution in [-0.2, 0) is 4.79 Å². The Morgan fingerprint density at radius 2 is 2.04 bits per heavy atom. The molecule has 0 aliphatic carbocycles. The number of carbonyl (C=O) groups excluding carboxylic acids is 2. The van der Waals surface area contributed by atoms with Crippen LogP contribution in [0, 0.1) is 5.41 Å². The third kappa shape index (κ3) is 4.07. The van der Waals surface area contributed by atoms with E-state index in [1.807, 2.05) is 6.92 Å². The zero-order valence-electron chi connectivity index (χ0n) is 15.5. The minimum absolute atomic E-state index is 0.148. The highest BCUT2D eigenvalue weighted by atomic mass is 16.5. The summed E-state index contributed by atoms with van der Waals surface area (Å²) >= 11 is 0. The molecule has 8 nitrogen and oxygen atoms in total. The molecule has 1 unspecified atom stereocenters. The van der Waals surface area contributed by atoms with Crippen molar-refractivity contribution in [3.63, 3.8) is 0 Å². The molecular formula is C18H25N3O5. The molecule has 1 aliphatic heterocycles. The number of carboxylic acids is 1. The number of amides is 3. The molecule has 1 aromatic carbocycles. The predicted octanol–water partition coefficient (Wildman–Crippen LogP) is 2.12. The Kier molecular flexibility index (Phi) is 5.74. The molecule has 3 amide bonds. The van der Waals surface area contributed by atoms with Gasteiger partial charge in [-0.1, -0.05) is 0 Å². The smallest absolute Gasteiger partial charge is 0.321 e. The molecule has 1 atom stereocenters. The quantitative estimate of drug-likeness (QED) is 0.835. The molecule has 1 saturated heterocycles. The maximum absolute atomic E-state index is 12.5. The Balaban J connectivity index is 2.17. The number of carbonyl (C=O) groups is 3. The molecule has 26 heavy (non-hydrogen) atoms. The van der Waals surface area contributed by atoms with Crippen molar-refractivity contribution in [1.82, 2.24) is 9.80 Å². The van der Waals surface area contributed by atoms with Gasteiger partial charge in [-0.25, -0.2) is 4.79 Å². The third-order valence-electron chi connectivity index (χ3n) is 4.45. The van der Waals surface area contributed by atoms with Crippen LogP contribution in [0.4, 0.5) is 10.5 Å². The van der Waals surface area contributed by atoms with Gasteiger partial charge in [0.05, 0.1) is 17.7 Å². The average molecular weight is 363 g/mol. The lowest BCUT2D eigenvalue weighted by Crippen LogP contribution is -2.37. The fourth-order valence-corrected chi connectivity index (χ4v) is 2.80. The van der Waals surface area contributed by atoms with E-state index >= 15 is 0 Å². The number of nitrogens with one attached hydrogen (secondary N) is 1. The molecule has 0 spiro atoms. The number of urea groups is 1. The second kappa shape index (κ2) is 7.63. The van der Waals surface area contributed by atoms with Gasteiger partial charge in [0.15, 0.2) is 0 Å². The molecule has 8 heteroatoms. The van der Waals surface area contributed by atoms with E-state index in [-0.39, 0.29) is 18.5 Å². The van der Waals surface area contributed by atoms with E-state index in [0.717, 1.165) is 0 Å². The number of anilines is 1. The van der Waals surface area contributed by atoms with Crippen LogP contribution in [0.25, 0.3) is 0 Å². The molecule has 2 N–H and O–H groups in total. The third-order valence-corrected chi connectivity index (χ3v) is 4.45. The first-order chi connectivity index (χ1) is 12.2. The van der Waals surface area contributed by atoms with Gasteiger partial charge in [0.25, 0.3) is 5.91 Å². The lowest BCUT2D eigenvalue weighted by molar-refractivity contribution is -0.146. The molecule has 1 aliphatic rings. The average Bonchev–Trinajstić information content (AvgIpc) is 3.00. The minimum atomic E-state index is -0.928. The van der Waals surface area contributed by atoms with Crippen molar-refractivity contribution in [2.24, 2.45) is 5.41 Å². The van der Waals surface area contributed by atoms with Gasteiger partial charge in [0, 0.05) is 32.7 Å². The van der Waals surface area contributed by atoms with Crippen molar-refractivity contribution in [2.45, 2.75) is 20.3 Å². The van der Waals surface area contributed by atoms with Gasteiger partial charge in [-0.05, 0) is 38.5 Å². The van der Waals surface area contributed by atoms with Crippen LogP contribution in [0.15, 0.2) is 18.2 Å². The normalized spacial score (nSPS) is 19.2. The number of carboxylic acid groups (broad SMARTS) is 1. The van der Waals surface area contributed by atoms with Gasteiger partial charge in [-0.3, -0.25) is 9.59 Å². The van der Waals surface area contributed by atoms with E-state index in [9.17, 15) is 19.5 Å². The van der Waals surface area contributed by atoms with Crippen molar-refractivity contribution in [2.75, 3.05) is 39.1 Å². The minimum Gasteiger partial charge on any atom is -0.492 e. The lowest BCUT2D eigenvalue weighted by Gasteiger charge is -2.21. The van der Waals surface area contributed by atoms with E-state index in [2.05, 4.69) is 5.32 Å². The van der Waals surface area contributed by atoms with Crippen LogP contribution in [0.2, 0.25) is 0 Å². The first-order valence-corrected chi connectivity index (χ1v) is 8.46. The Morgan fingerprint density at radius 3 is 2.58 bits per heavy atom. The highest BCUT2D eigenvalue weighted by molar-refractivity contribution is 5.97. The van der Waals surface area contributed by atoms with Crippen LogP contribution in [0.3, 0.4) is 0 Å². The van der Waals surface area contributed by atoms with E-state index in [1.165, 1.54) is 9.80 Å². The van der Waals surface area contributed by atoms with Crippen LogP contribution < -0.4 is 10.1 Å². The summed E-state index contributed by atoms with van der Waals surface area (Å²) in [5, 5.41) is 12.0.